The SMILES string of the molecule is C[C@@H]1C[C@@H](C(=O)Nc2[nH]c(=O)ncc2F)CC(C)(C)C1. The number of rotatable bonds is 2. The standard InChI is InChI=1S/C14H20FN3O2/c1-8-4-9(6-14(2,3)5-8)12(19)17-11-10(15)7-16-13(20)18-11/h7-9H,4-6H2,1-3H3,(H2,16,17,18,19,20)/t8-,9-/m1/s1. The molecule has 1 aromatic heterocycles. The van der Waals surface area contributed by atoms with Crippen LogP contribution in [-0.2, 0) is 4.79 Å². The van der Waals surface area contributed by atoms with Crippen molar-refractivity contribution < 1.29 is 9.18 Å². The highest BCUT2D eigenvalue weighted by atomic mass is 19.1. The van der Waals surface area contributed by atoms with Crippen LogP contribution in [0.5, 0.6) is 0 Å². The number of aromatic amines is 1. The Balaban J connectivity index is 2.12. The van der Waals surface area contributed by atoms with E-state index in [-0.39, 0.29) is 23.1 Å². The van der Waals surface area contributed by atoms with Gasteiger partial charge in [-0.05, 0) is 30.6 Å². The van der Waals surface area contributed by atoms with Gasteiger partial charge in [0.2, 0.25) is 5.91 Å². The molecule has 5 nitrogen and oxygen atoms in total. The maximum atomic E-state index is 13.5. The van der Waals surface area contributed by atoms with Crippen molar-refractivity contribution >= 4 is 11.7 Å². The molecule has 0 bridgehead atoms. The first-order chi connectivity index (χ1) is 9.27. The molecule has 1 aliphatic rings. The number of nitrogens with zero attached hydrogens (tertiary/aromatic N) is 1. The number of halogens is 1. The van der Waals surface area contributed by atoms with Crippen molar-refractivity contribution in [3.8, 4) is 0 Å². The normalized spacial score (nSPS) is 25.2. The fourth-order valence-corrected chi connectivity index (χ4v) is 3.24. The second-order valence-corrected chi connectivity index (χ2v) is 6.51. The van der Waals surface area contributed by atoms with E-state index < -0.39 is 11.5 Å². The van der Waals surface area contributed by atoms with E-state index in [4.69, 9.17) is 0 Å². The number of H-pyrrole nitrogens is 1. The summed E-state index contributed by atoms with van der Waals surface area (Å²) in [5, 5.41) is 2.47. The number of aromatic nitrogens is 2. The summed E-state index contributed by atoms with van der Waals surface area (Å²) < 4.78 is 13.5. The number of carbonyl (C=O) groups is 1. The smallest absolute Gasteiger partial charge is 0.309 e. The molecule has 6 heteroatoms. The minimum atomic E-state index is -0.735. The van der Waals surface area contributed by atoms with Crippen molar-refractivity contribution in [2.75, 3.05) is 5.32 Å². The summed E-state index contributed by atoms with van der Waals surface area (Å²) in [6.45, 7) is 6.39. The van der Waals surface area contributed by atoms with Crippen LogP contribution in [0.2, 0.25) is 0 Å². The van der Waals surface area contributed by atoms with Gasteiger partial charge in [-0.1, -0.05) is 20.8 Å². The molecule has 0 aromatic carbocycles. The van der Waals surface area contributed by atoms with Gasteiger partial charge in [0.1, 0.15) is 0 Å². The van der Waals surface area contributed by atoms with Crippen molar-refractivity contribution in [1.82, 2.24) is 9.97 Å². The third kappa shape index (κ3) is 3.43. The average molecular weight is 281 g/mol. The number of anilines is 1. The van der Waals surface area contributed by atoms with Gasteiger partial charge in [-0.15, -0.1) is 0 Å². The molecule has 2 N–H and O–H groups in total. The monoisotopic (exact) mass is 281 g/mol. The molecule has 1 fully saturated rings. The molecule has 0 saturated heterocycles. The Bertz CT molecular complexity index is 568. The number of nitrogens with one attached hydrogen (secondary N) is 2. The maximum absolute atomic E-state index is 13.5. The minimum Gasteiger partial charge on any atom is -0.309 e. The fraction of sp³-hybridized carbons (Fsp3) is 0.643. The first-order valence-electron chi connectivity index (χ1n) is 6.82. The van der Waals surface area contributed by atoms with Crippen LogP contribution in [-0.4, -0.2) is 15.9 Å². The third-order valence-electron chi connectivity index (χ3n) is 3.77. The molecule has 1 aromatic rings. The molecular formula is C14H20FN3O2. The van der Waals surface area contributed by atoms with Crippen LogP contribution >= 0.6 is 0 Å². The predicted octanol–water partition coefficient (Wildman–Crippen LogP) is 2.31. The highest BCUT2D eigenvalue weighted by Gasteiger charge is 2.35. The van der Waals surface area contributed by atoms with Crippen LogP contribution in [0.25, 0.3) is 0 Å². The lowest BCUT2D eigenvalue weighted by Gasteiger charge is -2.38. The van der Waals surface area contributed by atoms with E-state index in [0.29, 0.717) is 5.92 Å². The Labute approximate surface area is 117 Å². The number of hydrogen-bond donors (Lipinski definition) is 2. The zero-order valence-electron chi connectivity index (χ0n) is 12.0. The van der Waals surface area contributed by atoms with E-state index in [1.807, 2.05) is 0 Å². The van der Waals surface area contributed by atoms with Gasteiger partial charge in [0.15, 0.2) is 11.6 Å². The zero-order chi connectivity index (χ0) is 14.9. The van der Waals surface area contributed by atoms with Crippen LogP contribution in [0.15, 0.2) is 11.0 Å². The summed E-state index contributed by atoms with van der Waals surface area (Å²) in [6, 6.07) is 0. The molecule has 110 valence electrons. The van der Waals surface area contributed by atoms with E-state index >= 15 is 0 Å². The summed E-state index contributed by atoms with van der Waals surface area (Å²) >= 11 is 0. The Hall–Kier alpha value is -1.72. The topological polar surface area (TPSA) is 74.8 Å². The molecule has 20 heavy (non-hydrogen) atoms. The van der Waals surface area contributed by atoms with Crippen LogP contribution in [0.4, 0.5) is 10.2 Å². The lowest BCUT2D eigenvalue weighted by atomic mass is 9.68. The number of carbonyl (C=O) groups excluding carboxylic acids is 1. The summed E-state index contributed by atoms with van der Waals surface area (Å²) in [5.41, 5.74) is -0.580. The van der Waals surface area contributed by atoms with Crippen molar-refractivity contribution in [3.63, 3.8) is 0 Å². The molecule has 0 spiro atoms. The first-order valence-corrected chi connectivity index (χ1v) is 6.82. The molecule has 1 heterocycles. The van der Waals surface area contributed by atoms with Crippen molar-refractivity contribution in [2.24, 2.45) is 17.3 Å². The van der Waals surface area contributed by atoms with E-state index in [1.54, 1.807) is 0 Å². The molecule has 1 aliphatic carbocycles. The van der Waals surface area contributed by atoms with E-state index in [0.717, 1.165) is 25.5 Å². The molecular weight excluding hydrogens is 261 g/mol. The van der Waals surface area contributed by atoms with Crippen LogP contribution in [0, 0.1) is 23.1 Å². The molecule has 1 amide bonds. The number of amides is 1. The zero-order valence-corrected chi connectivity index (χ0v) is 12.0. The molecule has 0 aliphatic heterocycles. The quantitative estimate of drug-likeness (QED) is 0.873. The molecule has 1 saturated carbocycles. The van der Waals surface area contributed by atoms with Gasteiger partial charge in [-0.3, -0.25) is 9.78 Å². The van der Waals surface area contributed by atoms with Crippen LogP contribution < -0.4 is 11.0 Å². The first kappa shape index (κ1) is 14.7. The maximum Gasteiger partial charge on any atom is 0.346 e. The van der Waals surface area contributed by atoms with Gasteiger partial charge < -0.3 is 5.32 Å². The van der Waals surface area contributed by atoms with Gasteiger partial charge in [-0.2, -0.15) is 4.98 Å². The third-order valence-corrected chi connectivity index (χ3v) is 3.77. The van der Waals surface area contributed by atoms with Gasteiger partial charge in [0.25, 0.3) is 0 Å². The van der Waals surface area contributed by atoms with Gasteiger partial charge in [-0.25, -0.2) is 9.18 Å². The van der Waals surface area contributed by atoms with Crippen molar-refractivity contribution in [3.05, 3.63) is 22.5 Å². The second kappa shape index (κ2) is 5.34. The minimum absolute atomic E-state index is 0.101. The Morgan fingerprint density at radius 3 is 2.85 bits per heavy atom. The van der Waals surface area contributed by atoms with Crippen LogP contribution in [0.3, 0.4) is 0 Å². The lowest BCUT2D eigenvalue weighted by Crippen LogP contribution is -2.35. The van der Waals surface area contributed by atoms with E-state index in [1.165, 1.54) is 0 Å². The molecule has 2 rings (SSSR count). The van der Waals surface area contributed by atoms with Gasteiger partial charge >= 0.3 is 5.69 Å². The van der Waals surface area contributed by atoms with Crippen LogP contribution in [0.1, 0.15) is 40.0 Å². The predicted molar refractivity (Wildman–Crippen MR) is 73.7 cm³/mol. The lowest BCUT2D eigenvalue weighted by molar-refractivity contribution is -0.122. The van der Waals surface area contributed by atoms with Gasteiger partial charge in [0, 0.05) is 5.92 Å². The molecule has 2 atom stereocenters. The summed E-state index contributed by atoms with van der Waals surface area (Å²) in [6.07, 6.45) is 3.44. The Morgan fingerprint density at radius 1 is 1.50 bits per heavy atom. The summed E-state index contributed by atoms with van der Waals surface area (Å²) in [5.74, 6) is -0.891. The highest BCUT2D eigenvalue weighted by molar-refractivity contribution is 5.91. The Morgan fingerprint density at radius 2 is 2.20 bits per heavy atom. The largest absolute Gasteiger partial charge is 0.346 e. The van der Waals surface area contributed by atoms with Crippen molar-refractivity contribution in [2.45, 2.75) is 40.0 Å². The summed E-state index contributed by atoms with van der Waals surface area (Å²) in [7, 11) is 0. The Kier molecular flexibility index (Phi) is 3.92. The molecule has 0 unspecified atom stereocenters. The van der Waals surface area contributed by atoms with E-state index in [9.17, 15) is 14.0 Å². The average Bonchev–Trinajstić information content (AvgIpc) is 2.31. The number of hydrogen-bond acceptors (Lipinski definition) is 3. The van der Waals surface area contributed by atoms with Crippen molar-refractivity contribution in [1.29, 1.82) is 0 Å². The second-order valence-electron chi connectivity index (χ2n) is 6.51. The molecule has 0 radical (unpaired) electrons. The van der Waals surface area contributed by atoms with E-state index in [2.05, 4.69) is 36.1 Å². The fourth-order valence-electron chi connectivity index (χ4n) is 3.24. The van der Waals surface area contributed by atoms with Gasteiger partial charge in [0.05, 0.1) is 6.20 Å². The highest BCUT2D eigenvalue weighted by Crippen LogP contribution is 2.41. The summed E-state index contributed by atoms with van der Waals surface area (Å²) in [4.78, 5) is 28.8.